The van der Waals surface area contributed by atoms with E-state index in [1.54, 1.807) is 30.1 Å². The van der Waals surface area contributed by atoms with E-state index in [0.717, 1.165) is 11.8 Å². The van der Waals surface area contributed by atoms with Gasteiger partial charge in [0, 0.05) is 18.8 Å². The molecule has 0 radical (unpaired) electrons. The van der Waals surface area contributed by atoms with Gasteiger partial charge in [-0.1, -0.05) is 17.9 Å². The third kappa shape index (κ3) is 5.25. The van der Waals surface area contributed by atoms with Crippen LogP contribution in [0.1, 0.15) is 28.1 Å². The predicted molar refractivity (Wildman–Crippen MR) is 104 cm³/mol. The molecule has 2 aromatic heterocycles. The number of alkyl halides is 3. The van der Waals surface area contributed by atoms with Gasteiger partial charge < -0.3 is 0 Å². The average molecular weight is 434 g/mol. The maximum atomic E-state index is 12.6. The average Bonchev–Trinajstić information content (AvgIpc) is 3.03. The van der Waals surface area contributed by atoms with Crippen LogP contribution in [0.2, 0.25) is 0 Å². The topological polar surface area (TPSA) is 90.9 Å². The number of halogens is 3. The molecular formula is C20H17F3N4O2S. The number of aromatic nitrogens is 3. The minimum absolute atomic E-state index is 0.000248. The van der Waals surface area contributed by atoms with Gasteiger partial charge in [-0.05, 0) is 48.7 Å². The van der Waals surface area contributed by atoms with E-state index < -0.39 is 21.9 Å². The van der Waals surface area contributed by atoms with Crippen molar-refractivity contribution in [3.05, 3.63) is 76.9 Å². The van der Waals surface area contributed by atoms with Crippen molar-refractivity contribution in [3.63, 3.8) is 0 Å². The zero-order chi connectivity index (χ0) is 21.9. The SMILES string of the molecule is Cn1ncc(C#Cc2ccc(S(N)(=O)=O)cc2)c1CCc1ccc(C(F)(F)F)nc1. The van der Waals surface area contributed by atoms with Gasteiger partial charge in [-0.25, -0.2) is 13.6 Å². The fourth-order valence-corrected chi connectivity index (χ4v) is 3.25. The highest BCUT2D eigenvalue weighted by Gasteiger charge is 2.31. The first-order valence-electron chi connectivity index (χ1n) is 8.72. The summed E-state index contributed by atoms with van der Waals surface area (Å²) in [4.78, 5) is 3.47. The molecule has 6 nitrogen and oxygen atoms in total. The van der Waals surface area contributed by atoms with Crippen LogP contribution in [0.5, 0.6) is 0 Å². The molecule has 0 atom stereocenters. The van der Waals surface area contributed by atoms with Crippen molar-refractivity contribution >= 4 is 10.0 Å². The van der Waals surface area contributed by atoms with Gasteiger partial charge in [-0.3, -0.25) is 9.67 Å². The van der Waals surface area contributed by atoms with Gasteiger partial charge in [0.1, 0.15) is 5.69 Å². The van der Waals surface area contributed by atoms with Crippen LogP contribution in [0, 0.1) is 11.8 Å². The van der Waals surface area contributed by atoms with Crippen molar-refractivity contribution in [1.82, 2.24) is 14.8 Å². The van der Waals surface area contributed by atoms with E-state index in [1.807, 2.05) is 0 Å². The monoisotopic (exact) mass is 434 g/mol. The van der Waals surface area contributed by atoms with E-state index in [1.165, 1.54) is 24.4 Å². The van der Waals surface area contributed by atoms with Crippen LogP contribution in [0.15, 0.2) is 53.7 Å². The van der Waals surface area contributed by atoms with Gasteiger partial charge >= 0.3 is 6.18 Å². The number of nitrogens with two attached hydrogens (primary N) is 1. The van der Waals surface area contributed by atoms with E-state index in [2.05, 4.69) is 21.9 Å². The molecule has 10 heteroatoms. The van der Waals surface area contributed by atoms with Crippen molar-refractivity contribution in [2.45, 2.75) is 23.9 Å². The van der Waals surface area contributed by atoms with Gasteiger partial charge in [0.25, 0.3) is 0 Å². The molecule has 0 aliphatic carbocycles. The van der Waals surface area contributed by atoms with E-state index >= 15 is 0 Å². The fraction of sp³-hybridized carbons (Fsp3) is 0.200. The zero-order valence-electron chi connectivity index (χ0n) is 15.8. The van der Waals surface area contributed by atoms with Crippen molar-refractivity contribution in [2.24, 2.45) is 12.2 Å². The molecule has 2 N–H and O–H groups in total. The Morgan fingerprint density at radius 1 is 1.03 bits per heavy atom. The van der Waals surface area contributed by atoms with Gasteiger partial charge in [-0.2, -0.15) is 18.3 Å². The van der Waals surface area contributed by atoms with Gasteiger partial charge in [0.15, 0.2) is 0 Å². The predicted octanol–water partition coefficient (Wildman–Crippen LogP) is 2.67. The lowest BCUT2D eigenvalue weighted by molar-refractivity contribution is -0.141. The number of hydrogen-bond acceptors (Lipinski definition) is 4. The lowest BCUT2D eigenvalue weighted by Gasteiger charge is -2.07. The molecule has 2 heterocycles. The molecule has 0 spiro atoms. The normalized spacial score (nSPS) is 11.8. The second-order valence-electron chi connectivity index (χ2n) is 6.50. The summed E-state index contributed by atoms with van der Waals surface area (Å²) in [6.45, 7) is 0. The summed E-state index contributed by atoms with van der Waals surface area (Å²) >= 11 is 0. The van der Waals surface area contributed by atoms with Gasteiger partial charge in [0.05, 0.1) is 22.3 Å². The number of rotatable bonds is 4. The first kappa shape index (κ1) is 21.5. The quantitative estimate of drug-likeness (QED) is 0.640. The third-order valence-electron chi connectivity index (χ3n) is 4.35. The van der Waals surface area contributed by atoms with Crippen molar-refractivity contribution in [3.8, 4) is 11.8 Å². The molecule has 0 fully saturated rings. The molecule has 3 aromatic rings. The number of sulfonamides is 1. The smallest absolute Gasteiger partial charge is 0.271 e. The fourth-order valence-electron chi connectivity index (χ4n) is 2.73. The highest BCUT2D eigenvalue weighted by Crippen LogP contribution is 2.27. The van der Waals surface area contributed by atoms with Crippen LogP contribution in [-0.2, 0) is 36.1 Å². The molecule has 0 bridgehead atoms. The summed E-state index contributed by atoms with van der Waals surface area (Å²) < 4.78 is 62.1. The molecule has 0 saturated carbocycles. The first-order chi connectivity index (χ1) is 14.0. The molecule has 30 heavy (non-hydrogen) atoms. The molecule has 0 saturated heterocycles. The Kier molecular flexibility index (Phi) is 5.96. The lowest BCUT2D eigenvalue weighted by atomic mass is 10.1. The molecule has 156 valence electrons. The van der Waals surface area contributed by atoms with Crippen LogP contribution >= 0.6 is 0 Å². The van der Waals surface area contributed by atoms with E-state index in [-0.39, 0.29) is 4.90 Å². The van der Waals surface area contributed by atoms with Crippen LogP contribution < -0.4 is 5.14 Å². The maximum Gasteiger partial charge on any atom is 0.433 e. The number of primary sulfonamides is 1. The summed E-state index contributed by atoms with van der Waals surface area (Å²) in [6.07, 6.45) is -0.653. The summed E-state index contributed by atoms with van der Waals surface area (Å²) in [5, 5.41) is 9.26. The molecule has 0 unspecified atom stereocenters. The Morgan fingerprint density at radius 3 is 2.30 bits per heavy atom. The minimum atomic E-state index is -4.46. The summed E-state index contributed by atoms with van der Waals surface area (Å²) in [6, 6.07) is 8.23. The number of pyridine rings is 1. The Bertz CT molecular complexity index is 1200. The third-order valence-corrected chi connectivity index (χ3v) is 5.28. The van der Waals surface area contributed by atoms with Crippen LogP contribution in [-0.4, -0.2) is 23.2 Å². The molecule has 3 rings (SSSR count). The largest absolute Gasteiger partial charge is 0.433 e. The van der Waals surface area contributed by atoms with E-state index in [4.69, 9.17) is 5.14 Å². The molecule has 1 aromatic carbocycles. The van der Waals surface area contributed by atoms with E-state index in [0.29, 0.717) is 29.5 Å². The number of hydrogen-bond donors (Lipinski definition) is 1. The van der Waals surface area contributed by atoms with Crippen LogP contribution in [0.3, 0.4) is 0 Å². The Labute approximate surface area is 171 Å². The highest BCUT2D eigenvalue weighted by atomic mass is 32.2. The molecule has 0 aliphatic heterocycles. The van der Waals surface area contributed by atoms with Gasteiger partial charge in [0.2, 0.25) is 10.0 Å². The zero-order valence-corrected chi connectivity index (χ0v) is 16.6. The van der Waals surface area contributed by atoms with Crippen LogP contribution in [0.4, 0.5) is 13.2 Å². The molecule has 0 amide bonds. The lowest BCUT2D eigenvalue weighted by Crippen LogP contribution is -2.11. The Morgan fingerprint density at radius 2 is 1.73 bits per heavy atom. The highest BCUT2D eigenvalue weighted by molar-refractivity contribution is 7.89. The first-order valence-corrected chi connectivity index (χ1v) is 10.3. The van der Waals surface area contributed by atoms with Crippen molar-refractivity contribution in [2.75, 3.05) is 0 Å². The summed E-state index contributed by atoms with van der Waals surface area (Å²) in [5.74, 6) is 5.93. The minimum Gasteiger partial charge on any atom is -0.271 e. The molecular weight excluding hydrogens is 417 g/mol. The Balaban J connectivity index is 1.74. The number of aryl methyl sites for hydroxylation is 2. The van der Waals surface area contributed by atoms with Crippen molar-refractivity contribution in [1.29, 1.82) is 0 Å². The Hall–Kier alpha value is -3.16. The molecule has 0 aliphatic rings. The standard InChI is InChI=1S/C20H17F3N4O2S/c1-27-18(10-5-15-6-11-19(25-12-15)20(21,22)23)16(13-26-27)7-2-14-3-8-17(9-4-14)30(24,28)29/h3-4,6,8-9,11-13H,5,10H2,1H3,(H2,24,28,29). The summed E-state index contributed by atoms with van der Waals surface area (Å²) in [5.41, 5.74) is 1.84. The van der Waals surface area contributed by atoms with E-state index in [9.17, 15) is 21.6 Å². The second kappa shape index (κ2) is 8.30. The second-order valence-corrected chi connectivity index (χ2v) is 8.06. The van der Waals surface area contributed by atoms with Gasteiger partial charge in [-0.15, -0.1) is 0 Å². The van der Waals surface area contributed by atoms with Crippen molar-refractivity contribution < 1.29 is 21.6 Å². The maximum absolute atomic E-state index is 12.6. The number of nitrogens with zero attached hydrogens (tertiary/aromatic N) is 3. The number of benzene rings is 1. The van der Waals surface area contributed by atoms with Crippen LogP contribution in [0.25, 0.3) is 0 Å². The summed E-state index contributed by atoms with van der Waals surface area (Å²) in [7, 11) is -2.01.